The van der Waals surface area contributed by atoms with Gasteiger partial charge in [-0.15, -0.1) is 0 Å². The molecule has 0 rings (SSSR count). The summed E-state index contributed by atoms with van der Waals surface area (Å²) in [5, 5.41) is 0. The Morgan fingerprint density at radius 1 is 1.27 bits per heavy atom. The lowest BCUT2D eigenvalue weighted by molar-refractivity contribution is 0.0283. The molecule has 11 heavy (non-hydrogen) atoms. The minimum atomic E-state index is 0.260. The zero-order chi connectivity index (χ0) is 8.69. The smallest absolute Gasteiger partial charge is 0.110 e. The Morgan fingerprint density at radius 2 is 1.91 bits per heavy atom. The highest BCUT2D eigenvalue weighted by Crippen LogP contribution is 1.98. The van der Waals surface area contributed by atoms with E-state index < -0.39 is 0 Å². The molecule has 0 N–H and O–H groups in total. The van der Waals surface area contributed by atoms with Crippen LogP contribution in [-0.2, 0) is 9.47 Å². The summed E-state index contributed by atoms with van der Waals surface area (Å²) in [5.41, 5.74) is 0. The average Bonchev–Trinajstić information content (AvgIpc) is 1.97. The zero-order valence-corrected chi connectivity index (χ0v) is 7.96. The molecule has 0 fully saturated rings. The van der Waals surface area contributed by atoms with Gasteiger partial charge >= 0.3 is 0 Å². The molecule has 0 saturated carbocycles. The zero-order valence-electron chi connectivity index (χ0n) is 7.96. The molecule has 1 unspecified atom stereocenters. The second-order valence-corrected chi connectivity index (χ2v) is 2.90. The Labute approximate surface area is 69.9 Å². The molecular formula is C9H19O2. The van der Waals surface area contributed by atoms with Gasteiger partial charge in [-0.3, -0.25) is 0 Å². The fourth-order valence-corrected chi connectivity index (χ4v) is 0.553. The second-order valence-electron chi connectivity index (χ2n) is 2.90. The van der Waals surface area contributed by atoms with E-state index in [9.17, 15) is 0 Å². The van der Waals surface area contributed by atoms with Gasteiger partial charge in [0.1, 0.15) is 6.61 Å². The molecule has 1 atom stereocenters. The van der Waals surface area contributed by atoms with Crippen LogP contribution in [0.15, 0.2) is 0 Å². The van der Waals surface area contributed by atoms with Gasteiger partial charge in [-0.1, -0.05) is 6.92 Å². The van der Waals surface area contributed by atoms with Crippen molar-refractivity contribution in [1.82, 2.24) is 0 Å². The molecule has 0 bridgehead atoms. The minimum Gasteiger partial charge on any atom is -0.376 e. The molecular weight excluding hydrogens is 140 g/mol. The Hall–Kier alpha value is -0.0800. The summed E-state index contributed by atoms with van der Waals surface area (Å²) < 4.78 is 10.5. The van der Waals surface area contributed by atoms with Crippen LogP contribution in [0.4, 0.5) is 0 Å². The predicted molar refractivity (Wildman–Crippen MR) is 46.2 cm³/mol. The van der Waals surface area contributed by atoms with Crippen molar-refractivity contribution in [2.75, 3.05) is 6.61 Å². The van der Waals surface area contributed by atoms with Crippen LogP contribution in [-0.4, -0.2) is 18.8 Å². The van der Waals surface area contributed by atoms with Gasteiger partial charge in [0.25, 0.3) is 0 Å². The Bertz CT molecular complexity index is 81.6. The first-order valence-electron chi connectivity index (χ1n) is 4.25. The maximum Gasteiger partial charge on any atom is 0.110 e. The van der Waals surface area contributed by atoms with Gasteiger partial charge in [-0.25, -0.2) is 0 Å². The van der Waals surface area contributed by atoms with Crippen molar-refractivity contribution in [2.45, 2.75) is 46.3 Å². The molecule has 0 aromatic rings. The first kappa shape index (κ1) is 10.9. The van der Waals surface area contributed by atoms with Crippen molar-refractivity contribution in [3.05, 3.63) is 6.61 Å². The fraction of sp³-hybridized carbons (Fsp3) is 0.889. The normalized spacial score (nSPS) is 13.9. The maximum atomic E-state index is 5.36. The molecule has 1 radical (unpaired) electrons. The number of rotatable bonds is 6. The predicted octanol–water partition coefficient (Wildman–Crippen LogP) is 2.39. The SMILES string of the molecule is CCC(C)OC[CH]OC(C)C. The van der Waals surface area contributed by atoms with E-state index in [1.807, 2.05) is 13.8 Å². The molecule has 0 aromatic heterocycles. The lowest BCUT2D eigenvalue weighted by Crippen LogP contribution is -2.10. The van der Waals surface area contributed by atoms with Crippen LogP contribution in [0.25, 0.3) is 0 Å². The van der Waals surface area contributed by atoms with Crippen LogP contribution in [0.1, 0.15) is 34.1 Å². The van der Waals surface area contributed by atoms with E-state index in [0.717, 1.165) is 6.42 Å². The van der Waals surface area contributed by atoms with Crippen molar-refractivity contribution in [1.29, 1.82) is 0 Å². The number of hydrogen-bond acceptors (Lipinski definition) is 2. The number of hydrogen-bond donors (Lipinski definition) is 0. The standard InChI is InChI=1S/C9H19O2/c1-5-9(4)11-7-6-10-8(2)3/h6,8-9H,5,7H2,1-4H3. The molecule has 2 heteroatoms. The van der Waals surface area contributed by atoms with Crippen LogP contribution in [0.5, 0.6) is 0 Å². The molecule has 0 amide bonds. The molecule has 0 spiro atoms. The van der Waals surface area contributed by atoms with Gasteiger partial charge in [0.2, 0.25) is 0 Å². The molecule has 0 aliphatic heterocycles. The van der Waals surface area contributed by atoms with Gasteiger partial charge in [0.05, 0.1) is 18.8 Å². The van der Waals surface area contributed by atoms with E-state index in [-0.39, 0.29) is 6.10 Å². The van der Waals surface area contributed by atoms with E-state index in [0.29, 0.717) is 12.7 Å². The molecule has 0 aromatic carbocycles. The molecule has 0 aliphatic rings. The first-order chi connectivity index (χ1) is 5.16. The van der Waals surface area contributed by atoms with Crippen molar-refractivity contribution in [2.24, 2.45) is 0 Å². The van der Waals surface area contributed by atoms with Crippen molar-refractivity contribution in [3.8, 4) is 0 Å². The van der Waals surface area contributed by atoms with E-state index in [1.54, 1.807) is 6.61 Å². The Balaban J connectivity index is 3.01. The van der Waals surface area contributed by atoms with Gasteiger partial charge in [0, 0.05) is 0 Å². The molecule has 0 aliphatic carbocycles. The Morgan fingerprint density at radius 3 is 2.36 bits per heavy atom. The van der Waals surface area contributed by atoms with Gasteiger partial charge < -0.3 is 9.47 Å². The highest BCUT2D eigenvalue weighted by Gasteiger charge is 1.98. The van der Waals surface area contributed by atoms with Crippen molar-refractivity contribution in [3.63, 3.8) is 0 Å². The molecule has 0 heterocycles. The second kappa shape index (κ2) is 6.62. The van der Waals surface area contributed by atoms with Gasteiger partial charge in [-0.05, 0) is 27.2 Å². The summed E-state index contributed by atoms with van der Waals surface area (Å²) in [5.74, 6) is 0. The maximum absolute atomic E-state index is 5.36. The van der Waals surface area contributed by atoms with Crippen molar-refractivity contribution < 1.29 is 9.47 Å². The van der Waals surface area contributed by atoms with Crippen LogP contribution in [0, 0.1) is 6.61 Å². The summed E-state index contributed by atoms with van der Waals surface area (Å²) >= 11 is 0. The van der Waals surface area contributed by atoms with E-state index in [4.69, 9.17) is 9.47 Å². The third-order valence-corrected chi connectivity index (χ3v) is 1.39. The molecule has 2 nitrogen and oxygen atoms in total. The number of ether oxygens (including phenoxy) is 2. The third kappa shape index (κ3) is 7.82. The fourth-order valence-electron chi connectivity index (χ4n) is 0.553. The Kier molecular flexibility index (Phi) is 6.57. The minimum absolute atomic E-state index is 0.260. The molecule has 67 valence electrons. The van der Waals surface area contributed by atoms with Crippen LogP contribution >= 0.6 is 0 Å². The van der Waals surface area contributed by atoms with E-state index in [2.05, 4.69) is 13.8 Å². The van der Waals surface area contributed by atoms with E-state index >= 15 is 0 Å². The summed E-state index contributed by atoms with van der Waals surface area (Å²) in [4.78, 5) is 0. The first-order valence-corrected chi connectivity index (χ1v) is 4.25. The van der Waals surface area contributed by atoms with Crippen LogP contribution in [0.3, 0.4) is 0 Å². The van der Waals surface area contributed by atoms with Gasteiger partial charge in [-0.2, -0.15) is 0 Å². The van der Waals surface area contributed by atoms with Gasteiger partial charge in [0.15, 0.2) is 0 Å². The summed E-state index contributed by atoms with van der Waals surface area (Å²) in [6.07, 6.45) is 1.65. The summed E-state index contributed by atoms with van der Waals surface area (Å²) in [7, 11) is 0. The quantitative estimate of drug-likeness (QED) is 0.554. The monoisotopic (exact) mass is 159 g/mol. The summed E-state index contributed by atoms with van der Waals surface area (Å²) in [6, 6.07) is 0. The highest BCUT2D eigenvalue weighted by atomic mass is 16.5. The average molecular weight is 159 g/mol. The van der Waals surface area contributed by atoms with Crippen LogP contribution < -0.4 is 0 Å². The van der Waals surface area contributed by atoms with Crippen molar-refractivity contribution >= 4 is 0 Å². The summed E-state index contributed by atoms with van der Waals surface area (Å²) in [6.45, 7) is 10.5. The largest absolute Gasteiger partial charge is 0.376 e. The van der Waals surface area contributed by atoms with Crippen LogP contribution in [0.2, 0.25) is 0 Å². The molecule has 0 saturated heterocycles. The lowest BCUT2D eigenvalue weighted by Gasteiger charge is -2.11. The topological polar surface area (TPSA) is 18.5 Å². The van der Waals surface area contributed by atoms with E-state index in [1.165, 1.54) is 0 Å². The lowest BCUT2D eigenvalue weighted by atomic mass is 10.3. The third-order valence-electron chi connectivity index (χ3n) is 1.39. The highest BCUT2D eigenvalue weighted by molar-refractivity contribution is 4.52.